The third-order valence-electron chi connectivity index (χ3n) is 3.47. The van der Waals surface area contributed by atoms with E-state index in [1.54, 1.807) is 19.2 Å². The molecule has 0 bridgehead atoms. The second kappa shape index (κ2) is 7.20. The maximum atomic E-state index is 12.5. The first-order valence-electron chi connectivity index (χ1n) is 7.06. The number of hydrogen-bond donors (Lipinski definition) is 1. The van der Waals surface area contributed by atoms with E-state index in [1.165, 1.54) is 4.31 Å². The summed E-state index contributed by atoms with van der Waals surface area (Å²) in [4.78, 5) is 0.344. The molecular formula is C15H26N2O2S. The molecule has 0 aliphatic carbocycles. The van der Waals surface area contributed by atoms with Crippen molar-refractivity contribution in [2.45, 2.75) is 44.6 Å². The summed E-state index contributed by atoms with van der Waals surface area (Å²) in [5.41, 5.74) is 6.55. The molecule has 1 rings (SSSR count). The van der Waals surface area contributed by atoms with Crippen LogP contribution in [0.1, 0.15) is 32.8 Å². The van der Waals surface area contributed by atoms with Crippen LogP contribution in [0.15, 0.2) is 29.2 Å². The van der Waals surface area contributed by atoms with E-state index in [0.29, 0.717) is 17.4 Å². The Morgan fingerprint density at radius 2 is 1.70 bits per heavy atom. The van der Waals surface area contributed by atoms with Gasteiger partial charge in [0.05, 0.1) is 4.90 Å². The molecule has 1 aromatic rings. The van der Waals surface area contributed by atoms with Gasteiger partial charge in [-0.2, -0.15) is 4.31 Å². The summed E-state index contributed by atoms with van der Waals surface area (Å²) in [6, 6.07) is 6.99. The minimum Gasteiger partial charge on any atom is -0.330 e. The Labute approximate surface area is 123 Å². The molecule has 0 saturated heterocycles. The highest BCUT2D eigenvalue weighted by Crippen LogP contribution is 2.20. The molecule has 0 saturated carbocycles. The summed E-state index contributed by atoms with van der Waals surface area (Å²) in [7, 11) is -1.76. The van der Waals surface area contributed by atoms with E-state index in [4.69, 9.17) is 5.73 Å². The van der Waals surface area contributed by atoms with E-state index in [9.17, 15) is 8.42 Å². The predicted molar refractivity (Wildman–Crippen MR) is 83.1 cm³/mol. The van der Waals surface area contributed by atoms with Gasteiger partial charge in [0.2, 0.25) is 10.0 Å². The van der Waals surface area contributed by atoms with Gasteiger partial charge in [-0.15, -0.1) is 0 Å². The SMILES string of the molecule is CC(C)CC(C)N(C)S(=O)(=O)c1ccc(CCN)cc1. The van der Waals surface area contributed by atoms with E-state index in [-0.39, 0.29) is 6.04 Å². The molecule has 0 heterocycles. The molecule has 5 heteroatoms. The fourth-order valence-electron chi connectivity index (χ4n) is 2.23. The quantitative estimate of drug-likeness (QED) is 0.839. The standard InChI is InChI=1S/C15H26N2O2S/c1-12(2)11-13(3)17(4)20(18,19)15-7-5-14(6-8-15)9-10-16/h5-8,12-13H,9-11,16H2,1-4H3. The zero-order valence-corrected chi connectivity index (χ0v) is 13.7. The van der Waals surface area contributed by atoms with Gasteiger partial charge >= 0.3 is 0 Å². The van der Waals surface area contributed by atoms with Gasteiger partial charge in [0.1, 0.15) is 0 Å². The average molecular weight is 298 g/mol. The van der Waals surface area contributed by atoms with Crippen LogP contribution in [0.3, 0.4) is 0 Å². The summed E-state index contributed by atoms with van der Waals surface area (Å²) in [5, 5.41) is 0. The van der Waals surface area contributed by atoms with Gasteiger partial charge in [-0.1, -0.05) is 26.0 Å². The Balaban J connectivity index is 2.92. The Hall–Kier alpha value is -0.910. The second-order valence-electron chi connectivity index (χ2n) is 5.68. The Morgan fingerprint density at radius 3 is 2.15 bits per heavy atom. The van der Waals surface area contributed by atoms with E-state index in [2.05, 4.69) is 13.8 Å². The molecule has 0 aromatic heterocycles. The van der Waals surface area contributed by atoms with Crippen molar-refractivity contribution >= 4 is 10.0 Å². The van der Waals surface area contributed by atoms with Crippen molar-refractivity contribution in [1.82, 2.24) is 4.31 Å². The lowest BCUT2D eigenvalue weighted by Crippen LogP contribution is -2.35. The molecule has 0 spiro atoms. The smallest absolute Gasteiger partial charge is 0.243 e. The minimum atomic E-state index is -3.41. The molecule has 0 radical (unpaired) electrons. The number of rotatable bonds is 7. The van der Waals surface area contributed by atoms with Crippen LogP contribution in [0.5, 0.6) is 0 Å². The normalized spacial score (nSPS) is 13.9. The van der Waals surface area contributed by atoms with Crippen molar-refractivity contribution in [1.29, 1.82) is 0 Å². The number of hydrogen-bond acceptors (Lipinski definition) is 3. The highest BCUT2D eigenvalue weighted by molar-refractivity contribution is 7.89. The van der Waals surface area contributed by atoms with Crippen LogP contribution in [-0.4, -0.2) is 32.4 Å². The van der Waals surface area contributed by atoms with Gasteiger partial charge in [0, 0.05) is 13.1 Å². The Morgan fingerprint density at radius 1 is 1.15 bits per heavy atom. The lowest BCUT2D eigenvalue weighted by molar-refractivity contribution is 0.338. The van der Waals surface area contributed by atoms with Gasteiger partial charge in [-0.05, 0) is 49.9 Å². The molecule has 4 nitrogen and oxygen atoms in total. The van der Waals surface area contributed by atoms with Crippen molar-refractivity contribution in [3.05, 3.63) is 29.8 Å². The van der Waals surface area contributed by atoms with Crippen LogP contribution in [0.25, 0.3) is 0 Å². The fraction of sp³-hybridized carbons (Fsp3) is 0.600. The van der Waals surface area contributed by atoms with Crippen molar-refractivity contribution < 1.29 is 8.42 Å². The molecule has 0 aliphatic rings. The van der Waals surface area contributed by atoms with Gasteiger partial charge in [-0.3, -0.25) is 0 Å². The second-order valence-corrected chi connectivity index (χ2v) is 7.68. The van der Waals surface area contributed by atoms with Crippen molar-refractivity contribution in [3.63, 3.8) is 0 Å². The van der Waals surface area contributed by atoms with Crippen LogP contribution in [0, 0.1) is 5.92 Å². The monoisotopic (exact) mass is 298 g/mol. The number of sulfonamides is 1. The zero-order chi connectivity index (χ0) is 15.3. The number of nitrogens with two attached hydrogens (primary N) is 1. The maximum Gasteiger partial charge on any atom is 0.243 e. The molecule has 1 aromatic carbocycles. The maximum absolute atomic E-state index is 12.5. The highest BCUT2D eigenvalue weighted by atomic mass is 32.2. The predicted octanol–water partition coefficient (Wildman–Crippen LogP) is 2.24. The largest absolute Gasteiger partial charge is 0.330 e. The third-order valence-corrected chi connectivity index (χ3v) is 5.45. The zero-order valence-electron chi connectivity index (χ0n) is 12.8. The topological polar surface area (TPSA) is 63.4 Å². The first-order chi connectivity index (χ1) is 9.28. The molecule has 1 atom stereocenters. The van der Waals surface area contributed by atoms with Crippen molar-refractivity contribution in [2.75, 3.05) is 13.6 Å². The first kappa shape index (κ1) is 17.1. The van der Waals surface area contributed by atoms with Crippen LogP contribution in [-0.2, 0) is 16.4 Å². The van der Waals surface area contributed by atoms with Gasteiger partial charge in [-0.25, -0.2) is 8.42 Å². The number of nitrogens with zero attached hydrogens (tertiary/aromatic N) is 1. The van der Waals surface area contributed by atoms with E-state index >= 15 is 0 Å². The van der Waals surface area contributed by atoms with E-state index in [1.807, 2.05) is 19.1 Å². The van der Waals surface area contributed by atoms with Crippen LogP contribution in [0.2, 0.25) is 0 Å². The molecule has 2 N–H and O–H groups in total. The van der Waals surface area contributed by atoms with Crippen LogP contribution < -0.4 is 5.73 Å². The van der Waals surface area contributed by atoms with E-state index in [0.717, 1.165) is 18.4 Å². The summed E-state index contributed by atoms with van der Waals surface area (Å²) in [5.74, 6) is 0.467. The Bertz CT molecular complexity index is 509. The molecule has 1 unspecified atom stereocenters. The third kappa shape index (κ3) is 4.30. The molecule has 114 valence electrons. The summed E-state index contributed by atoms with van der Waals surface area (Å²) in [6.45, 7) is 6.70. The summed E-state index contributed by atoms with van der Waals surface area (Å²) < 4.78 is 26.5. The summed E-state index contributed by atoms with van der Waals surface area (Å²) in [6.07, 6.45) is 1.61. The van der Waals surface area contributed by atoms with Crippen LogP contribution in [0.4, 0.5) is 0 Å². The average Bonchev–Trinajstić information content (AvgIpc) is 2.38. The van der Waals surface area contributed by atoms with Gasteiger partial charge < -0.3 is 5.73 Å². The number of benzene rings is 1. The van der Waals surface area contributed by atoms with Crippen molar-refractivity contribution in [3.8, 4) is 0 Å². The highest BCUT2D eigenvalue weighted by Gasteiger charge is 2.25. The lowest BCUT2D eigenvalue weighted by Gasteiger charge is -2.25. The molecular weight excluding hydrogens is 272 g/mol. The molecule has 0 aliphatic heterocycles. The minimum absolute atomic E-state index is 0.0104. The van der Waals surface area contributed by atoms with Gasteiger partial charge in [0.25, 0.3) is 0 Å². The van der Waals surface area contributed by atoms with Gasteiger partial charge in [0.15, 0.2) is 0 Å². The lowest BCUT2D eigenvalue weighted by atomic mass is 10.1. The van der Waals surface area contributed by atoms with Crippen molar-refractivity contribution in [2.24, 2.45) is 11.7 Å². The van der Waals surface area contributed by atoms with E-state index < -0.39 is 10.0 Å². The summed E-state index contributed by atoms with van der Waals surface area (Å²) >= 11 is 0. The first-order valence-corrected chi connectivity index (χ1v) is 8.50. The molecule has 20 heavy (non-hydrogen) atoms. The Kier molecular flexibility index (Phi) is 6.17. The fourth-order valence-corrected chi connectivity index (χ4v) is 3.60. The molecule has 0 fully saturated rings. The molecule has 0 amide bonds. The van der Waals surface area contributed by atoms with Crippen LogP contribution >= 0.6 is 0 Å².